The molecule has 0 saturated carbocycles. The van der Waals surface area contributed by atoms with E-state index in [1.165, 1.54) is 6.07 Å². The Labute approximate surface area is 192 Å². The molecule has 0 unspecified atom stereocenters. The number of rotatable bonds is 9. The van der Waals surface area contributed by atoms with E-state index in [1.54, 1.807) is 12.1 Å². The molecule has 174 valence electrons. The van der Waals surface area contributed by atoms with Crippen LogP contribution in [-0.4, -0.2) is 42.4 Å². The molecule has 0 spiro atoms. The van der Waals surface area contributed by atoms with E-state index in [9.17, 15) is 9.18 Å². The van der Waals surface area contributed by atoms with Crippen molar-refractivity contribution in [3.63, 3.8) is 0 Å². The predicted molar refractivity (Wildman–Crippen MR) is 120 cm³/mol. The molecule has 4 rings (SSSR count). The monoisotopic (exact) mass is 453 g/mol. The highest BCUT2D eigenvalue weighted by molar-refractivity contribution is 5.76. The van der Waals surface area contributed by atoms with Crippen molar-refractivity contribution in [3.8, 4) is 17.1 Å². The normalized spacial score (nSPS) is 15.2. The van der Waals surface area contributed by atoms with Crippen LogP contribution in [0.25, 0.3) is 11.4 Å². The third-order valence-electron chi connectivity index (χ3n) is 5.97. The van der Waals surface area contributed by atoms with E-state index < -0.39 is 0 Å². The van der Waals surface area contributed by atoms with Gasteiger partial charge in [0, 0.05) is 43.6 Å². The molecule has 1 aliphatic heterocycles. The minimum absolute atomic E-state index is 0.113. The number of nitrogens with zero attached hydrogens (tertiary/aromatic N) is 2. The summed E-state index contributed by atoms with van der Waals surface area (Å²) in [6.45, 7) is 4.14. The Morgan fingerprint density at radius 3 is 2.70 bits per heavy atom. The first-order chi connectivity index (χ1) is 16.1. The first kappa shape index (κ1) is 22.9. The lowest BCUT2D eigenvalue weighted by molar-refractivity contribution is -0.121. The van der Waals surface area contributed by atoms with Gasteiger partial charge in [-0.05, 0) is 61.7 Å². The summed E-state index contributed by atoms with van der Waals surface area (Å²) in [5, 5.41) is 7.03. The average molecular weight is 454 g/mol. The number of nitrogens with one attached hydrogen (secondary N) is 1. The largest absolute Gasteiger partial charge is 0.494 e. The van der Waals surface area contributed by atoms with Crippen molar-refractivity contribution in [2.75, 3.05) is 26.4 Å². The SMILES string of the molecule is CCOc1ccc(-c2noc(CCC(=O)NCC3(c4cccc(F)c4)CCOCC3)n2)cc1. The topological polar surface area (TPSA) is 86.5 Å². The second-order valence-electron chi connectivity index (χ2n) is 8.15. The number of benzene rings is 2. The zero-order valence-electron chi connectivity index (χ0n) is 18.7. The fourth-order valence-corrected chi connectivity index (χ4v) is 4.07. The predicted octanol–water partition coefficient (Wildman–Crippen LogP) is 4.07. The maximum atomic E-state index is 13.8. The molecule has 1 aromatic heterocycles. The van der Waals surface area contributed by atoms with Gasteiger partial charge < -0.3 is 19.3 Å². The summed E-state index contributed by atoms with van der Waals surface area (Å²) in [4.78, 5) is 16.9. The molecule has 1 aliphatic rings. The molecule has 1 amide bonds. The molecule has 0 atom stereocenters. The number of carbonyl (C=O) groups excluding carboxylic acids is 1. The van der Waals surface area contributed by atoms with Crippen molar-refractivity contribution in [2.45, 2.75) is 38.0 Å². The van der Waals surface area contributed by atoms with E-state index in [4.69, 9.17) is 14.0 Å². The Morgan fingerprint density at radius 1 is 1.18 bits per heavy atom. The third-order valence-corrected chi connectivity index (χ3v) is 5.97. The van der Waals surface area contributed by atoms with Crippen LogP contribution < -0.4 is 10.1 Å². The maximum Gasteiger partial charge on any atom is 0.227 e. The van der Waals surface area contributed by atoms with Gasteiger partial charge >= 0.3 is 0 Å². The van der Waals surface area contributed by atoms with Crippen molar-refractivity contribution >= 4 is 5.91 Å². The van der Waals surface area contributed by atoms with Gasteiger partial charge in [-0.25, -0.2) is 4.39 Å². The minimum atomic E-state index is -0.332. The Kier molecular flexibility index (Phi) is 7.34. The Balaban J connectivity index is 1.32. The van der Waals surface area contributed by atoms with Gasteiger partial charge in [-0.3, -0.25) is 4.79 Å². The molecule has 1 fully saturated rings. The molecule has 1 N–H and O–H groups in total. The molecule has 7 nitrogen and oxygen atoms in total. The summed E-state index contributed by atoms with van der Waals surface area (Å²) in [6.07, 6.45) is 2.02. The zero-order valence-corrected chi connectivity index (χ0v) is 18.7. The van der Waals surface area contributed by atoms with E-state index in [-0.39, 0.29) is 23.6 Å². The number of ether oxygens (including phenoxy) is 2. The number of hydrogen-bond donors (Lipinski definition) is 1. The van der Waals surface area contributed by atoms with Gasteiger partial charge in [0.05, 0.1) is 6.61 Å². The number of hydrogen-bond acceptors (Lipinski definition) is 6. The third kappa shape index (κ3) is 5.76. The molecule has 0 bridgehead atoms. The van der Waals surface area contributed by atoms with Crippen LogP contribution in [0.2, 0.25) is 0 Å². The summed E-state index contributed by atoms with van der Waals surface area (Å²) in [6, 6.07) is 14.1. The minimum Gasteiger partial charge on any atom is -0.494 e. The van der Waals surface area contributed by atoms with Gasteiger partial charge in [-0.2, -0.15) is 4.98 Å². The first-order valence-corrected chi connectivity index (χ1v) is 11.2. The molecule has 33 heavy (non-hydrogen) atoms. The Hall–Kier alpha value is -3.26. The van der Waals surface area contributed by atoms with Crippen molar-refractivity contribution in [1.29, 1.82) is 0 Å². The van der Waals surface area contributed by atoms with E-state index in [0.717, 1.165) is 29.7 Å². The van der Waals surface area contributed by atoms with Gasteiger partial charge in [0.2, 0.25) is 17.6 Å². The summed E-state index contributed by atoms with van der Waals surface area (Å²) < 4.78 is 30.1. The van der Waals surface area contributed by atoms with Gasteiger partial charge in [0.25, 0.3) is 0 Å². The van der Waals surface area contributed by atoms with Gasteiger partial charge in [0.1, 0.15) is 11.6 Å². The van der Waals surface area contributed by atoms with Gasteiger partial charge in [-0.1, -0.05) is 17.3 Å². The molecule has 2 aromatic carbocycles. The van der Waals surface area contributed by atoms with Gasteiger partial charge in [0.15, 0.2) is 0 Å². The van der Waals surface area contributed by atoms with Crippen molar-refractivity contribution < 1.29 is 23.2 Å². The van der Waals surface area contributed by atoms with E-state index >= 15 is 0 Å². The number of halogens is 1. The summed E-state index contributed by atoms with van der Waals surface area (Å²) >= 11 is 0. The number of aryl methyl sites for hydroxylation is 1. The first-order valence-electron chi connectivity index (χ1n) is 11.2. The Morgan fingerprint density at radius 2 is 1.97 bits per heavy atom. The van der Waals surface area contributed by atoms with E-state index in [0.29, 0.717) is 44.5 Å². The quantitative estimate of drug-likeness (QED) is 0.526. The van der Waals surface area contributed by atoms with Crippen LogP contribution in [0, 0.1) is 5.82 Å². The van der Waals surface area contributed by atoms with Crippen molar-refractivity contribution in [3.05, 3.63) is 65.8 Å². The number of aromatic nitrogens is 2. The van der Waals surface area contributed by atoms with Crippen LogP contribution in [0.5, 0.6) is 5.75 Å². The fraction of sp³-hybridized carbons (Fsp3) is 0.400. The Bertz CT molecular complexity index is 1060. The summed E-state index contributed by atoms with van der Waals surface area (Å²) in [7, 11) is 0. The van der Waals surface area contributed by atoms with Crippen molar-refractivity contribution in [1.82, 2.24) is 15.5 Å². The summed E-state index contributed by atoms with van der Waals surface area (Å²) in [5.74, 6) is 1.27. The van der Waals surface area contributed by atoms with Crippen LogP contribution in [0.1, 0.15) is 37.6 Å². The van der Waals surface area contributed by atoms with Crippen LogP contribution in [-0.2, 0) is 21.4 Å². The lowest BCUT2D eigenvalue weighted by Gasteiger charge is -2.38. The van der Waals surface area contributed by atoms with Crippen LogP contribution >= 0.6 is 0 Å². The molecular formula is C25H28FN3O4. The van der Waals surface area contributed by atoms with Crippen molar-refractivity contribution in [2.24, 2.45) is 0 Å². The standard InChI is InChI=1S/C25H28FN3O4/c1-2-32-21-8-6-18(7-9-21)24-28-23(33-29-24)11-10-22(30)27-17-25(12-14-31-15-13-25)19-4-3-5-20(26)16-19/h3-9,16H,2,10-15,17H2,1H3,(H,27,30). The van der Waals surface area contributed by atoms with Crippen LogP contribution in [0.4, 0.5) is 4.39 Å². The number of amides is 1. The molecule has 0 radical (unpaired) electrons. The lowest BCUT2D eigenvalue weighted by atomic mass is 9.74. The number of carbonyl (C=O) groups is 1. The van der Waals surface area contributed by atoms with Crippen LogP contribution in [0.3, 0.4) is 0 Å². The summed E-state index contributed by atoms with van der Waals surface area (Å²) in [5.41, 5.74) is 1.37. The van der Waals surface area contributed by atoms with Gasteiger partial charge in [-0.15, -0.1) is 0 Å². The smallest absolute Gasteiger partial charge is 0.227 e. The molecule has 1 saturated heterocycles. The van der Waals surface area contributed by atoms with E-state index in [1.807, 2.05) is 37.3 Å². The highest BCUT2D eigenvalue weighted by Crippen LogP contribution is 2.34. The molecular weight excluding hydrogens is 425 g/mol. The molecule has 0 aliphatic carbocycles. The second-order valence-corrected chi connectivity index (χ2v) is 8.15. The molecule has 3 aromatic rings. The zero-order chi connectivity index (χ0) is 23.1. The highest BCUT2D eigenvalue weighted by atomic mass is 19.1. The lowest BCUT2D eigenvalue weighted by Crippen LogP contribution is -2.44. The maximum absolute atomic E-state index is 13.8. The molecule has 8 heteroatoms. The molecule has 2 heterocycles. The van der Waals surface area contributed by atoms with E-state index in [2.05, 4.69) is 15.5 Å². The highest BCUT2D eigenvalue weighted by Gasteiger charge is 2.35. The average Bonchev–Trinajstić information content (AvgIpc) is 3.32. The van der Waals surface area contributed by atoms with Crippen LogP contribution in [0.15, 0.2) is 53.1 Å². The fourth-order valence-electron chi connectivity index (χ4n) is 4.07. The second kappa shape index (κ2) is 10.6.